The minimum Gasteiger partial charge on any atom is -0.369 e. The van der Waals surface area contributed by atoms with Crippen LogP contribution < -0.4 is 16.4 Å². The highest BCUT2D eigenvalue weighted by molar-refractivity contribution is 5.84. The maximum atomic E-state index is 11.5. The molecule has 0 bridgehead atoms. The Morgan fingerprint density at radius 2 is 2.25 bits per heavy atom. The topological polar surface area (TPSA) is 67.2 Å². The fourth-order valence-electron chi connectivity index (χ4n) is 2.96. The van der Waals surface area contributed by atoms with Gasteiger partial charge in [-0.2, -0.15) is 0 Å². The van der Waals surface area contributed by atoms with E-state index in [2.05, 4.69) is 16.7 Å². The van der Waals surface area contributed by atoms with Gasteiger partial charge in [0.05, 0.1) is 11.5 Å². The molecule has 3 rings (SSSR count). The number of benzene rings is 1. The Hall–Kier alpha value is -1.39. The molecule has 1 aliphatic carbocycles. The van der Waals surface area contributed by atoms with E-state index in [4.69, 9.17) is 5.73 Å². The molecule has 2 unspecified atom stereocenters. The molecule has 1 saturated heterocycles. The highest BCUT2D eigenvalue weighted by Gasteiger charge is 2.46. The maximum Gasteiger partial charge on any atom is 0.225 e. The zero-order valence-corrected chi connectivity index (χ0v) is 8.99. The predicted octanol–water partition coefficient (Wildman–Crippen LogP) is 0.00480. The third kappa shape index (κ3) is 1.20. The van der Waals surface area contributed by atoms with Crippen LogP contribution in [-0.4, -0.2) is 19.1 Å². The van der Waals surface area contributed by atoms with Crippen LogP contribution in [0.15, 0.2) is 24.3 Å². The SMILES string of the molecule is NC(=O)C1CC2(CNCN2)c2ccccc21. The molecule has 0 aromatic heterocycles. The first-order valence-corrected chi connectivity index (χ1v) is 5.57. The van der Waals surface area contributed by atoms with Crippen LogP contribution in [0.4, 0.5) is 0 Å². The summed E-state index contributed by atoms with van der Waals surface area (Å²) >= 11 is 0. The van der Waals surface area contributed by atoms with Gasteiger partial charge in [0.2, 0.25) is 5.91 Å². The number of nitrogens with two attached hydrogens (primary N) is 1. The van der Waals surface area contributed by atoms with Crippen molar-refractivity contribution in [2.45, 2.75) is 17.9 Å². The van der Waals surface area contributed by atoms with Crippen LogP contribution >= 0.6 is 0 Å². The molecule has 4 N–H and O–H groups in total. The first-order valence-electron chi connectivity index (χ1n) is 5.57. The highest BCUT2D eigenvalue weighted by Crippen LogP contribution is 2.44. The van der Waals surface area contributed by atoms with E-state index in [1.807, 2.05) is 18.2 Å². The number of carbonyl (C=O) groups is 1. The maximum absolute atomic E-state index is 11.5. The molecule has 1 aliphatic heterocycles. The minimum atomic E-state index is -0.224. The van der Waals surface area contributed by atoms with Crippen LogP contribution in [-0.2, 0) is 10.3 Å². The molecule has 0 saturated carbocycles. The van der Waals surface area contributed by atoms with Crippen LogP contribution in [0.5, 0.6) is 0 Å². The van der Waals surface area contributed by atoms with Crippen LogP contribution in [0, 0.1) is 0 Å². The summed E-state index contributed by atoms with van der Waals surface area (Å²) in [5.41, 5.74) is 7.70. The van der Waals surface area contributed by atoms with Gasteiger partial charge in [0, 0.05) is 13.2 Å². The number of amides is 1. The van der Waals surface area contributed by atoms with Gasteiger partial charge >= 0.3 is 0 Å². The third-order valence-electron chi connectivity index (χ3n) is 3.73. The van der Waals surface area contributed by atoms with Gasteiger partial charge in [0.25, 0.3) is 0 Å². The van der Waals surface area contributed by atoms with Gasteiger partial charge < -0.3 is 11.1 Å². The lowest BCUT2D eigenvalue weighted by Gasteiger charge is -2.24. The van der Waals surface area contributed by atoms with E-state index in [-0.39, 0.29) is 17.4 Å². The Kier molecular flexibility index (Phi) is 2.02. The molecule has 4 heteroatoms. The lowest BCUT2D eigenvalue weighted by atomic mass is 9.92. The standard InChI is InChI=1S/C12H15N3O/c13-11(16)9-5-12(6-14-7-15-12)10-4-2-1-3-8(9)10/h1-4,9,14-15H,5-7H2,(H2,13,16). The summed E-state index contributed by atoms with van der Waals surface area (Å²) in [6, 6.07) is 8.10. The smallest absolute Gasteiger partial charge is 0.225 e. The van der Waals surface area contributed by atoms with Crippen molar-refractivity contribution in [3.05, 3.63) is 35.4 Å². The summed E-state index contributed by atoms with van der Waals surface area (Å²) in [5.74, 6) is -0.373. The fourth-order valence-corrected chi connectivity index (χ4v) is 2.96. The largest absolute Gasteiger partial charge is 0.369 e. The molecular formula is C12H15N3O. The minimum absolute atomic E-state index is 0.0870. The second-order valence-electron chi connectivity index (χ2n) is 4.61. The van der Waals surface area contributed by atoms with E-state index in [1.165, 1.54) is 5.56 Å². The molecule has 84 valence electrons. The van der Waals surface area contributed by atoms with Crippen molar-refractivity contribution in [1.29, 1.82) is 0 Å². The molecule has 2 atom stereocenters. The Labute approximate surface area is 94.2 Å². The van der Waals surface area contributed by atoms with Crippen molar-refractivity contribution >= 4 is 5.91 Å². The number of rotatable bonds is 1. The summed E-state index contributed by atoms with van der Waals surface area (Å²) < 4.78 is 0. The molecule has 1 aromatic rings. The molecule has 16 heavy (non-hydrogen) atoms. The number of hydrogen-bond donors (Lipinski definition) is 3. The van der Waals surface area contributed by atoms with Crippen molar-refractivity contribution in [2.24, 2.45) is 5.73 Å². The number of carbonyl (C=O) groups excluding carboxylic acids is 1. The number of primary amides is 1. The molecular weight excluding hydrogens is 202 g/mol. The molecule has 1 amide bonds. The second-order valence-corrected chi connectivity index (χ2v) is 4.61. The first kappa shape index (κ1) is 9.81. The van der Waals surface area contributed by atoms with E-state index in [0.29, 0.717) is 0 Å². The van der Waals surface area contributed by atoms with Crippen molar-refractivity contribution in [3.63, 3.8) is 0 Å². The summed E-state index contributed by atoms with van der Waals surface area (Å²) in [7, 11) is 0. The first-order chi connectivity index (χ1) is 7.73. The van der Waals surface area contributed by atoms with Gasteiger partial charge in [0.1, 0.15) is 0 Å². The lowest BCUT2D eigenvalue weighted by molar-refractivity contribution is -0.119. The summed E-state index contributed by atoms with van der Waals surface area (Å²) in [4.78, 5) is 11.5. The van der Waals surface area contributed by atoms with Gasteiger partial charge in [-0.3, -0.25) is 10.1 Å². The van der Waals surface area contributed by atoms with Crippen LogP contribution in [0.3, 0.4) is 0 Å². The van der Waals surface area contributed by atoms with E-state index >= 15 is 0 Å². The number of hydrogen-bond acceptors (Lipinski definition) is 3. The molecule has 1 heterocycles. The second kappa shape index (κ2) is 3.30. The molecule has 4 nitrogen and oxygen atoms in total. The van der Waals surface area contributed by atoms with Crippen molar-refractivity contribution < 1.29 is 4.79 Å². The van der Waals surface area contributed by atoms with Gasteiger partial charge in [0.15, 0.2) is 0 Å². The predicted molar refractivity (Wildman–Crippen MR) is 60.7 cm³/mol. The lowest BCUT2D eigenvalue weighted by Crippen LogP contribution is -2.38. The van der Waals surface area contributed by atoms with Crippen LogP contribution in [0.2, 0.25) is 0 Å². The van der Waals surface area contributed by atoms with E-state index in [1.54, 1.807) is 0 Å². The van der Waals surface area contributed by atoms with Gasteiger partial charge in [-0.05, 0) is 17.5 Å². The zero-order valence-electron chi connectivity index (χ0n) is 8.99. The molecule has 1 spiro atoms. The average molecular weight is 217 g/mol. The Bertz CT molecular complexity index is 438. The average Bonchev–Trinajstić information content (AvgIpc) is 2.87. The molecule has 2 aliphatic rings. The van der Waals surface area contributed by atoms with E-state index in [0.717, 1.165) is 25.2 Å². The Morgan fingerprint density at radius 1 is 1.44 bits per heavy atom. The molecule has 0 radical (unpaired) electrons. The van der Waals surface area contributed by atoms with E-state index < -0.39 is 0 Å². The summed E-state index contributed by atoms with van der Waals surface area (Å²) in [6.07, 6.45) is 0.773. The molecule has 1 fully saturated rings. The van der Waals surface area contributed by atoms with Gasteiger partial charge in [-0.15, -0.1) is 0 Å². The van der Waals surface area contributed by atoms with Crippen LogP contribution in [0.1, 0.15) is 23.5 Å². The Balaban J connectivity index is 2.11. The van der Waals surface area contributed by atoms with Crippen molar-refractivity contribution in [1.82, 2.24) is 10.6 Å². The van der Waals surface area contributed by atoms with Crippen LogP contribution in [0.25, 0.3) is 0 Å². The van der Waals surface area contributed by atoms with Crippen molar-refractivity contribution in [2.75, 3.05) is 13.2 Å². The third-order valence-corrected chi connectivity index (χ3v) is 3.73. The number of nitrogens with one attached hydrogen (secondary N) is 2. The monoisotopic (exact) mass is 217 g/mol. The highest BCUT2D eigenvalue weighted by atomic mass is 16.1. The quantitative estimate of drug-likeness (QED) is 0.620. The number of fused-ring (bicyclic) bond motifs is 2. The van der Waals surface area contributed by atoms with E-state index in [9.17, 15) is 4.79 Å². The normalized spacial score (nSPS) is 31.9. The summed E-state index contributed by atoms with van der Waals surface area (Å²) in [6.45, 7) is 1.66. The Morgan fingerprint density at radius 3 is 2.94 bits per heavy atom. The van der Waals surface area contributed by atoms with Crippen molar-refractivity contribution in [3.8, 4) is 0 Å². The molecule has 1 aromatic carbocycles. The summed E-state index contributed by atoms with van der Waals surface area (Å²) in [5, 5.41) is 6.75. The fraction of sp³-hybridized carbons (Fsp3) is 0.417. The van der Waals surface area contributed by atoms with Gasteiger partial charge in [-0.1, -0.05) is 24.3 Å². The zero-order chi connectivity index (χ0) is 11.2. The van der Waals surface area contributed by atoms with Gasteiger partial charge in [-0.25, -0.2) is 0 Å².